The number of anilines is 1. The Hall–Kier alpha value is -1.51. The summed E-state index contributed by atoms with van der Waals surface area (Å²) in [6, 6.07) is 7.55. The molecule has 1 saturated carbocycles. The molecule has 0 heterocycles. The van der Waals surface area contributed by atoms with E-state index in [-0.39, 0.29) is 11.9 Å². The Bertz CT molecular complexity index is 385. The van der Waals surface area contributed by atoms with E-state index >= 15 is 0 Å². The van der Waals surface area contributed by atoms with Gasteiger partial charge in [-0.05, 0) is 36.5 Å². The fraction of sp³-hybridized carbons (Fsp3) is 0.462. The van der Waals surface area contributed by atoms with Crippen molar-refractivity contribution in [1.82, 2.24) is 0 Å². The highest BCUT2D eigenvalue weighted by atomic mass is 16.5. The summed E-state index contributed by atoms with van der Waals surface area (Å²) in [5, 5.41) is 0. The highest BCUT2D eigenvalue weighted by Gasteiger charge is 2.34. The molecule has 0 spiro atoms. The zero-order valence-electron chi connectivity index (χ0n) is 9.48. The second-order valence-electron chi connectivity index (χ2n) is 4.36. The molecule has 0 saturated heterocycles. The Balaban J connectivity index is 2.27. The molecule has 1 unspecified atom stereocenters. The number of esters is 1. The summed E-state index contributed by atoms with van der Waals surface area (Å²) in [4.78, 5) is 11.8. The van der Waals surface area contributed by atoms with Crippen LogP contribution in [0.25, 0.3) is 0 Å². The molecule has 0 bridgehead atoms. The molecule has 2 rings (SSSR count). The zero-order chi connectivity index (χ0) is 11.5. The highest BCUT2D eigenvalue weighted by molar-refractivity contribution is 5.79. The van der Waals surface area contributed by atoms with Crippen LogP contribution >= 0.6 is 0 Å². The fourth-order valence-electron chi connectivity index (χ4n) is 2.25. The molecule has 0 amide bonds. The molecule has 1 aromatic rings. The van der Waals surface area contributed by atoms with Crippen molar-refractivity contribution in [3.63, 3.8) is 0 Å². The van der Waals surface area contributed by atoms with E-state index in [9.17, 15) is 4.79 Å². The molecule has 3 heteroatoms. The maximum Gasteiger partial charge on any atom is 0.313 e. The van der Waals surface area contributed by atoms with E-state index in [1.54, 1.807) is 0 Å². The fourth-order valence-corrected chi connectivity index (χ4v) is 2.25. The SMILES string of the molecule is COC(=O)C(c1cccc(N)c1)C1CCC1. The molecule has 0 aromatic heterocycles. The van der Waals surface area contributed by atoms with Gasteiger partial charge in [0.25, 0.3) is 0 Å². The zero-order valence-corrected chi connectivity index (χ0v) is 9.48. The summed E-state index contributed by atoms with van der Waals surface area (Å²) >= 11 is 0. The summed E-state index contributed by atoms with van der Waals surface area (Å²) in [5.74, 6) is 0.145. The van der Waals surface area contributed by atoms with E-state index in [1.165, 1.54) is 13.5 Å². The average Bonchev–Trinajstić information content (AvgIpc) is 2.22. The van der Waals surface area contributed by atoms with Crippen LogP contribution in [-0.4, -0.2) is 13.1 Å². The first-order valence-electron chi connectivity index (χ1n) is 5.65. The number of rotatable bonds is 3. The van der Waals surface area contributed by atoms with Crippen LogP contribution < -0.4 is 5.73 Å². The van der Waals surface area contributed by atoms with Gasteiger partial charge in [0, 0.05) is 5.69 Å². The topological polar surface area (TPSA) is 52.3 Å². The van der Waals surface area contributed by atoms with E-state index < -0.39 is 0 Å². The summed E-state index contributed by atoms with van der Waals surface area (Å²) in [6.07, 6.45) is 3.42. The van der Waals surface area contributed by atoms with Crippen molar-refractivity contribution < 1.29 is 9.53 Å². The monoisotopic (exact) mass is 219 g/mol. The van der Waals surface area contributed by atoms with Crippen LogP contribution in [0.5, 0.6) is 0 Å². The lowest BCUT2D eigenvalue weighted by Crippen LogP contribution is -2.27. The summed E-state index contributed by atoms with van der Waals surface area (Å²) in [6.45, 7) is 0. The largest absolute Gasteiger partial charge is 0.469 e. The Kier molecular flexibility index (Phi) is 3.13. The van der Waals surface area contributed by atoms with Gasteiger partial charge in [0.05, 0.1) is 13.0 Å². The molecule has 86 valence electrons. The van der Waals surface area contributed by atoms with Crippen LogP contribution in [0.1, 0.15) is 30.7 Å². The standard InChI is InChI=1S/C13H17NO2/c1-16-13(15)12(9-4-2-5-9)10-6-3-7-11(14)8-10/h3,6-9,12H,2,4-5,14H2,1H3. The Morgan fingerprint density at radius 1 is 1.50 bits per heavy atom. The van der Waals surface area contributed by atoms with Gasteiger partial charge >= 0.3 is 5.97 Å². The van der Waals surface area contributed by atoms with Crippen LogP contribution in [0.2, 0.25) is 0 Å². The van der Waals surface area contributed by atoms with E-state index in [0.29, 0.717) is 11.6 Å². The Morgan fingerprint density at radius 3 is 2.75 bits per heavy atom. The van der Waals surface area contributed by atoms with Crippen molar-refractivity contribution in [3.05, 3.63) is 29.8 Å². The minimum atomic E-state index is -0.143. The number of hydrogen-bond donors (Lipinski definition) is 1. The maximum absolute atomic E-state index is 11.8. The third kappa shape index (κ3) is 2.03. The van der Waals surface area contributed by atoms with Gasteiger partial charge in [-0.2, -0.15) is 0 Å². The molecule has 2 N–H and O–H groups in total. The number of nitrogens with two attached hydrogens (primary N) is 1. The highest BCUT2D eigenvalue weighted by Crippen LogP contribution is 2.40. The number of carbonyl (C=O) groups excluding carboxylic acids is 1. The van der Waals surface area contributed by atoms with Crippen molar-refractivity contribution in [1.29, 1.82) is 0 Å². The van der Waals surface area contributed by atoms with Gasteiger partial charge in [0.1, 0.15) is 0 Å². The molecule has 0 aliphatic heterocycles. The molecule has 16 heavy (non-hydrogen) atoms. The smallest absolute Gasteiger partial charge is 0.313 e. The normalized spacial score (nSPS) is 17.6. The molecule has 1 aliphatic carbocycles. The minimum absolute atomic E-state index is 0.137. The summed E-state index contributed by atoms with van der Waals surface area (Å²) in [7, 11) is 1.44. The molecule has 1 fully saturated rings. The minimum Gasteiger partial charge on any atom is -0.469 e. The quantitative estimate of drug-likeness (QED) is 0.627. The van der Waals surface area contributed by atoms with Gasteiger partial charge in [-0.25, -0.2) is 0 Å². The predicted molar refractivity (Wildman–Crippen MR) is 63.0 cm³/mol. The number of methoxy groups -OCH3 is 1. The van der Waals surface area contributed by atoms with Crippen molar-refractivity contribution in [2.75, 3.05) is 12.8 Å². The second-order valence-corrected chi connectivity index (χ2v) is 4.36. The van der Waals surface area contributed by atoms with E-state index in [1.807, 2.05) is 24.3 Å². The van der Waals surface area contributed by atoms with Gasteiger partial charge in [0.15, 0.2) is 0 Å². The van der Waals surface area contributed by atoms with Crippen LogP contribution in [-0.2, 0) is 9.53 Å². The molecule has 1 atom stereocenters. The molecule has 0 radical (unpaired) electrons. The predicted octanol–water partition coefficient (Wildman–Crippen LogP) is 2.33. The lowest BCUT2D eigenvalue weighted by molar-refractivity contribution is -0.144. The number of carbonyl (C=O) groups is 1. The molecule has 1 aromatic carbocycles. The van der Waals surface area contributed by atoms with Crippen molar-refractivity contribution in [2.45, 2.75) is 25.2 Å². The molecular formula is C13H17NO2. The lowest BCUT2D eigenvalue weighted by Gasteiger charge is -2.32. The summed E-state index contributed by atoms with van der Waals surface area (Å²) in [5.41, 5.74) is 7.43. The number of nitrogen functional groups attached to an aromatic ring is 1. The first-order chi connectivity index (χ1) is 7.72. The average molecular weight is 219 g/mol. The first-order valence-corrected chi connectivity index (χ1v) is 5.65. The van der Waals surface area contributed by atoms with Crippen LogP contribution in [0, 0.1) is 5.92 Å². The van der Waals surface area contributed by atoms with E-state index in [2.05, 4.69) is 0 Å². The molecule has 1 aliphatic rings. The summed E-state index contributed by atoms with van der Waals surface area (Å²) < 4.78 is 4.88. The Labute approximate surface area is 95.6 Å². The third-order valence-electron chi connectivity index (χ3n) is 3.35. The number of benzene rings is 1. The van der Waals surface area contributed by atoms with Gasteiger partial charge < -0.3 is 10.5 Å². The van der Waals surface area contributed by atoms with Crippen LogP contribution in [0.3, 0.4) is 0 Å². The van der Waals surface area contributed by atoms with E-state index in [4.69, 9.17) is 10.5 Å². The lowest BCUT2D eigenvalue weighted by atomic mass is 9.73. The van der Waals surface area contributed by atoms with Gasteiger partial charge in [-0.15, -0.1) is 0 Å². The van der Waals surface area contributed by atoms with Crippen molar-refractivity contribution >= 4 is 11.7 Å². The van der Waals surface area contributed by atoms with Gasteiger partial charge in [0.2, 0.25) is 0 Å². The third-order valence-corrected chi connectivity index (χ3v) is 3.35. The first kappa shape index (κ1) is 11.0. The number of ether oxygens (including phenoxy) is 1. The second kappa shape index (κ2) is 4.56. The molecule has 3 nitrogen and oxygen atoms in total. The van der Waals surface area contributed by atoms with Crippen molar-refractivity contribution in [3.8, 4) is 0 Å². The molecular weight excluding hydrogens is 202 g/mol. The van der Waals surface area contributed by atoms with Gasteiger partial charge in [-0.1, -0.05) is 18.6 Å². The van der Waals surface area contributed by atoms with Crippen molar-refractivity contribution in [2.24, 2.45) is 5.92 Å². The van der Waals surface area contributed by atoms with Crippen LogP contribution in [0.4, 0.5) is 5.69 Å². The van der Waals surface area contributed by atoms with E-state index in [0.717, 1.165) is 18.4 Å². The van der Waals surface area contributed by atoms with Crippen LogP contribution in [0.15, 0.2) is 24.3 Å². The maximum atomic E-state index is 11.8. The Morgan fingerprint density at radius 2 is 2.25 bits per heavy atom. The number of hydrogen-bond acceptors (Lipinski definition) is 3. The van der Waals surface area contributed by atoms with Gasteiger partial charge in [-0.3, -0.25) is 4.79 Å².